The summed E-state index contributed by atoms with van der Waals surface area (Å²) in [5.74, 6) is 1.68. The molecule has 1 amide bonds. The second kappa shape index (κ2) is 7.59. The van der Waals surface area contributed by atoms with Crippen LogP contribution in [0.4, 0.5) is 5.95 Å². The normalized spacial score (nSPS) is 19.7. The van der Waals surface area contributed by atoms with E-state index in [0.717, 1.165) is 39.0 Å². The van der Waals surface area contributed by atoms with E-state index in [9.17, 15) is 4.79 Å². The van der Waals surface area contributed by atoms with Crippen LogP contribution in [0.5, 0.6) is 5.88 Å². The molecule has 7 heteroatoms. The molecule has 2 fully saturated rings. The molecule has 0 radical (unpaired) electrons. The number of ether oxygens (including phenoxy) is 2. The zero-order chi connectivity index (χ0) is 16.1. The molecule has 0 atom stereocenters. The van der Waals surface area contributed by atoms with Gasteiger partial charge in [0.2, 0.25) is 17.7 Å². The lowest BCUT2D eigenvalue weighted by Gasteiger charge is -2.37. The van der Waals surface area contributed by atoms with E-state index < -0.39 is 0 Å². The van der Waals surface area contributed by atoms with Crippen molar-refractivity contribution >= 4 is 11.9 Å². The third-order valence-corrected chi connectivity index (χ3v) is 4.35. The van der Waals surface area contributed by atoms with E-state index in [-0.39, 0.29) is 11.8 Å². The van der Waals surface area contributed by atoms with Gasteiger partial charge in [-0.3, -0.25) is 4.79 Å². The molecule has 0 saturated carbocycles. The number of anilines is 1. The number of nitrogens with zero attached hydrogens (tertiary/aromatic N) is 4. The molecule has 0 aliphatic carbocycles. The Morgan fingerprint density at radius 3 is 2.74 bits per heavy atom. The number of piperazine rings is 1. The first-order valence-corrected chi connectivity index (χ1v) is 8.35. The van der Waals surface area contributed by atoms with Crippen molar-refractivity contribution in [2.24, 2.45) is 5.92 Å². The summed E-state index contributed by atoms with van der Waals surface area (Å²) in [4.78, 5) is 25.4. The first kappa shape index (κ1) is 16.0. The Kier molecular flexibility index (Phi) is 5.27. The molecule has 0 aromatic carbocycles. The summed E-state index contributed by atoms with van der Waals surface area (Å²) in [7, 11) is 0. The molecular formula is C16H24N4O3. The van der Waals surface area contributed by atoms with Gasteiger partial charge in [0, 0.05) is 57.6 Å². The Hall–Kier alpha value is -1.89. The topological polar surface area (TPSA) is 67.8 Å². The summed E-state index contributed by atoms with van der Waals surface area (Å²) in [6.07, 6.45) is 3.41. The number of aromatic nitrogens is 2. The van der Waals surface area contributed by atoms with E-state index in [1.54, 1.807) is 12.3 Å². The van der Waals surface area contributed by atoms with Crippen LogP contribution in [0.2, 0.25) is 0 Å². The maximum Gasteiger partial charge on any atom is 0.228 e. The van der Waals surface area contributed by atoms with Crippen molar-refractivity contribution in [3.63, 3.8) is 0 Å². The monoisotopic (exact) mass is 320 g/mol. The molecule has 23 heavy (non-hydrogen) atoms. The largest absolute Gasteiger partial charge is 0.478 e. The summed E-state index contributed by atoms with van der Waals surface area (Å²) in [6, 6.07) is 1.76. The number of hydrogen-bond donors (Lipinski definition) is 0. The van der Waals surface area contributed by atoms with Crippen LogP contribution in [0.15, 0.2) is 12.3 Å². The van der Waals surface area contributed by atoms with Crippen LogP contribution in [0.3, 0.4) is 0 Å². The molecule has 126 valence electrons. The Morgan fingerprint density at radius 1 is 1.30 bits per heavy atom. The highest BCUT2D eigenvalue weighted by Crippen LogP contribution is 2.20. The third kappa shape index (κ3) is 3.90. The first-order valence-electron chi connectivity index (χ1n) is 8.35. The van der Waals surface area contributed by atoms with E-state index in [2.05, 4.69) is 14.9 Å². The van der Waals surface area contributed by atoms with Crippen molar-refractivity contribution in [1.82, 2.24) is 14.9 Å². The van der Waals surface area contributed by atoms with E-state index >= 15 is 0 Å². The molecule has 3 heterocycles. The smallest absolute Gasteiger partial charge is 0.228 e. The summed E-state index contributed by atoms with van der Waals surface area (Å²) in [5.41, 5.74) is 0. The van der Waals surface area contributed by atoms with Crippen LogP contribution in [-0.2, 0) is 9.53 Å². The second-order valence-electron chi connectivity index (χ2n) is 5.83. The predicted molar refractivity (Wildman–Crippen MR) is 85.5 cm³/mol. The summed E-state index contributed by atoms with van der Waals surface area (Å²) in [5, 5.41) is 0. The standard InChI is InChI=1S/C16H24N4O3/c1-2-23-14-3-6-17-16(18-14)20-9-7-19(8-10-20)15(21)13-4-11-22-12-5-13/h3,6,13H,2,4-5,7-12H2,1H3. The maximum atomic E-state index is 12.5. The van der Waals surface area contributed by atoms with Gasteiger partial charge in [0.25, 0.3) is 0 Å². The van der Waals surface area contributed by atoms with Gasteiger partial charge < -0.3 is 19.3 Å². The van der Waals surface area contributed by atoms with Crippen molar-refractivity contribution in [3.8, 4) is 5.88 Å². The van der Waals surface area contributed by atoms with Crippen molar-refractivity contribution in [1.29, 1.82) is 0 Å². The Balaban J connectivity index is 1.55. The fraction of sp³-hybridized carbons (Fsp3) is 0.688. The van der Waals surface area contributed by atoms with E-state index in [1.807, 2.05) is 11.8 Å². The highest BCUT2D eigenvalue weighted by molar-refractivity contribution is 5.79. The van der Waals surface area contributed by atoms with Crippen LogP contribution in [-0.4, -0.2) is 66.8 Å². The molecule has 1 aromatic heterocycles. The summed E-state index contributed by atoms with van der Waals surface area (Å²) < 4.78 is 10.8. The quantitative estimate of drug-likeness (QED) is 0.823. The minimum atomic E-state index is 0.132. The highest BCUT2D eigenvalue weighted by atomic mass is 16.5. The minimum absolute atomic E-state index is 0.132. The fourth-order valence-corrected chi connectivity index (χ4v) is 3.04. The molecule has 0 bridgehead atoms. The van der Waals surface area contributed by atoms with Crippen LogP contribution in [0.1, 0.15) is 19.8 Å². The average Bonchev–Trinajstić information content (AvgIpc) is 2.62. The fourth-order valence-electron chi connectivity index (χ4n) is 3.04. The molecular weight excluding hydrogens is 296 g/mol. The van der Waals surface area contributed by atoms with Gasteiger partial charge in [-0.2, -0.15) is 4.98 Å². The van der Waals surface area contributed by atoms with Gasteiger partial charge in [0.1, 0.15) is 0 Å². The molecule has 7 nitrogen and oxygen atoms in total. The lowest BCUT2D eigenvalue weighted by molar-refractivity contribution is -0.138. The molecule has 0 unspecified atom stereocenters. The Morgan fingerprint density at radius 2 is 2.04 bits per heavy atom. The van der Waals surface area contributed by atoms with Gasteiger partial charge in [-0.05, 0) is 19.8 Å². The van der Waals surface area contributed by atoms with Crippen molar-refractivity contribution in [2.45, 2.75) is 19.8 Å². The highest BCUT2D eigenvalue weighted by Gasteiger charge is 2.29. The number of amides is 1. The summed E-state index contributed by atoms with van der Waals surface area (Å²) in [6.45, 7) is 6.88. The number of carbonyl (C=O) groups is 1. The lowest BCUT2D eigenvalue weighted by atomic mass is 9.98. The molecule has 3 rings (SSSR count). The molecule has 2 aliphatic heterocycles. The zero-order valence-corrected chi connectivity index (χ0v) is 13.6. The van der Waals surface area contributed by atoms with Crippen LogP contribution in [0.25, 0.3) is 0 Å². The van der Waals surface area contributed by atoms with Crippen molar-refractivity contribution < 1.29 is 14.3 Å². The number of rotatable bonds is 4. The van der Waals surface area contributed by atoms with E-state index in [0.29, 0.717) is 31.6 Å². The molecule has 0 spiro atoms. The predicted octanol–water partition coefficient (Wildman–Crippen LogP) is 0.950. The second-order valence-corrected chi connectivity index (χ2v) is 5.83. The van der Waals surface area contributed by atoms with Gasteiger partial charge >= 0.3 is 0 Å². The summed E-state index contributed by atoms with van der Waals surface area (Å²) >= 11 is 0. The SMILES string of the molecule is CCOc1ccnc(N2CCN(C(=O)C3CCOCC3)CC2)n1. The molecule has 2 saturated heterocycles. The van der Waals surface area contributed by atoms with Crippen molar-refractivity contribution in [3.05, 3.63) is 12.3 Å². The van der Waals surface area contributed by atoms with Gasteiger partial charge in [-0.25, -0.2) is 4.98 Å². The Bertz CT molecular complexity index is 526. The van der Waals surface area contributed by atoms with E-state index in [1.165, 1.54) is 0 Å². The average molecular weight is 320 g/mol. The first-order chi connectivity index (χ1) is 11.3. The van der Waals surface area contributed by atoms with Crippen LogP contribution < -0.4 is 9.64 Å². The van der Waals surface area contributed by atoms with Gasteiger partial charge in [-0.15, -0.1) is 0 Å². The molecule has 2 aliphatic rings. The van der Waals surface area contributed by atoms with Crippen LogP contribution in [0, 0.1) is 5.92 Å². The van der Waals surface area contributed by atoms with Gasteiger partial charge in [-0.1, -0.05) is 0 Å². The third-order valence-electron chi connectivity index (χ3n) is 4.35. The number of carbonyl (C=O) groups excluding carboxylic acids is 1. The zero-order valence-electron chi connectivity index (χ0n) is 13.6. The molecule has 1 aromatic rings. The van der Waals surface area contributed by atoms with Crippen molar-refractivity contribution in [2.75, 3.05) is 50.9 Å². The van der Waals surface area contributed by atoms with Gasteiger partial charge in [0.05, 0.1) is 6.61 Å². The maximum absolute atomic E-state index is 12.5. The molecule has 0 N–H and O–H groups in total. The van der Waals surface area contributed by atoms with E-state index in [4.69, 9.17) is 9.47 Å². The minimum Gasteiger partial charge on any atom is -0.478 e. The lowest BCUT2D eigenvalue weighted by Crippen LogP contribution is -2.51. The van der Waals surface area contributed by atoms with Crippen LogP contribution >= 0.6 is 0 Å². The Labute approximate surface area is 136 Å². The van der Waals surface area contributed by atoms with Gasteiger partial charge in [0.15, 0.2) is 0 Å². The number of hydrogen-bond acceptors (Lipinski definition) is 6.